The average Bonchev–Trinajstić information content (AvgIpc) is 2.80. The Labute approximate surface area is 206 Å². The molecule has 1 heterocycles. The van der Waals surface area contributed by atoms with Gasteiger partial charge in [0.15, 0.2) is 11.5 Å². The van der Waals surface area contributed by atoms with Crippen molar-refractivity contribution in [2.75, 3.05) is 32.7 Å². The van der Waals surface area contributed by atoms with Crippen molar-refractivity contribution < 1.29 is 36.6 Å². The maximum absolute atomic E-state index is 15.3. The first-order chi connectivity index (χ1) is 17.5. The van der Waals surface area contributed by atoms with Gasteiger partial charge in [-0.2, -0.15) is 8.78 Å². The molecule has 0 aliphatic carbocycles. The first kappa shape index (κ1) is 22.4. The fourth-order valence-electron chi connectivity index (χ4n) is 3.57. The summed E-state index contributed by atoms with van der Waals surface area (Å²) in [4.78, 5) is 8.80. The van der Waals surface area contributed by atoms with E-state index < -0.39 is 36.0 Å². The largest absolute Gasteiger partial charge is 0.493 e. The molecule has 0 amide bonds. The van der Waals surface area contributed by atoms with E-state index in [2.05, 4.69) is 15.3 Å². The average molecular weight is 497 g/mol. The highest BCUT2D eigenvalue weighted by Gasteiger charge is 2.49. The number of anilines is 1. The zero-order chi connectivity index (χ0) is 28.5. The molecule has 1 aromatic heterocycles. The van der Waals surface area contributed by atoms with E-state index in [0.717, 1.165) is 19.9 Å². The molecule has 3 aromatic rings. The zero-order valence-electron chi connectivity index (χ0n) is 23.1. The van der Waals surface area contributed by atoms with Crippen LogP contribution >= 0.6 is 0 Å². The van der Waals surface area contributed by atoms with Gasteiger partial charge in [-0.05, 0) is 39.8 Å². The molecule has 0 aliphatic rings. The number of fused-ring (bicyclic) bond motifs is 1. The van der Waals surface area contributed by atoms with Crippen LogP contribution in [-0.2, 0) is 10.7 Å². The smallest absolute Gasteiger partial charge is 0.303 e. The highest BCUT2D eigenvalue weighted by atomic mass is 19.3. The fraction of sp³-hybridized carbons (Fsp3) is 0.440. The van der Waals surface area contributed by atoms with Gasteiger partial charge in [-0.1, -0.05) is 12.1 Å². The quantitative estimate of drug-likeness (QED) is 0.376. The molecule has 3 rings (SSSR count). The van der Waals surface area contributed by atoms with E-state index in [1.807, 2.05) is 0 Å². The number of aryl methyl sites for hydroxylation is 1. The number of nitrogens with one attached hydrogen (secondary N) is 1. The van der Waals surface area contributed by atoms with Crippen molar-refractivity contribution in [2.24, 2.45) is 0 Å². The Morgan fingerprint density at radius 3 is 2.57 bits per heavy atom. The Bertz CT molecular complexity index is 1300. The van der Waals surface area contributed by atoms with E-state index in [1.165, 1.54) is 19.2 Å². The number of alkyl halides is 2. The van der Waals surface area contributed by atoms with Gasteiger partial charge in [-0.25, -0.2) is 14.4 Å². The Morgan fingerprint density at radius 1 is 1.17 bits per heavy atom. The highest BCUT2D eigenvalue weighted by Crippen LogP contribution is 2.41. The van der Waals surface area contributed by atoms with Crippen LogP contribution in [0.3, 0.4) is 0 Å². The standard InChI is InChI=1S/C25H30F3N3O4/c1-14(16-8-7-9-18(22(16)26)25(27,28)24(3,4)32)29-23-17-12-21(35-11-10-33-5)20(34-6)13-19(17)30-15(2)31-23/h7-9,12-14,32H,10-11H2,1-6H3,(H,29,30,31)/t14-/m1/s1/i5D3. The normalized spacial score (nSPS) is 14.7. The summed E-state index contributed by atoms with van der Waals surface area (Å²) in [5.41, 5.74) is -2.98. The van der Waals surface area contributed by atoms with Crippen molar-refractivity contribution in [3.63, 3.8) is 0 Å². The number of rotatable bonds is 10. The number of aromatic nitrogens is 2. The molecule has 0 bridgehead atoms. The summed E-state index contributed by atoms with van der Waals surface area (Å²) in [5.74, 6) is -3.72. The van der Waals surface area contributed by atoms with Crippen molar-refractivity contribution in [3.8, 4) is 11.5 Å². The first-order valence-electron chi connectivity index (χ1n) is 12.3. The van der Waals surface area contributed by atoms with Crippen molar-refractivity contribution in [1.82, 2.24) is 9.97 Å². The monoisotopic (exact) mass is 496 g/mol. The molecule has 190 valence electrons. The molecule has 0 saturated carbocycles. The summed E-state index contributed by atoms with van der Waals surface area (Å²) < 4.78 is 81.9. The molecule has 0 radical (unpaired) electrons. The zero-order valence-corrected chi connectivity index (χ0v) is 20.1. The van der Waals surface area contributed by atoms with Crippen LogP contribution in [0.2, 0.25) is 0 Å². The maximum Gasteiger partial charge on any atom is 0.303 e. The van der Waals surface area contributed by atoms with E-state index in [-0.39, 0.29) is 30.3 Å². The third-order valence-electron chi connectivity index (χ3n) is 5.49. The molecule has 10 heteroatoms. The molecule has 0 unspecified atom stereocenters. The summed E-state index contributed by atoms with van der Waals surface area (Å²) in [7, 11) is -1.12. The van der Waals surface area contributed by atoms with Crippen LogP contribution in [-0.4, -0.2) is 48.0 Å². The van der Waals surface area contributed by atoms with Gasteiger partial charge in [-0.3, -0.25) is 0 Å². The van der Waals surface area contributed by atoms with Gasteiger partial charge >= 0.3 is 5.92 Å². The van der Waals surface area contributed by atoms with Crippen LogP contribution in [0.1, 0.15) is 47.9 Å². The lowest BCUT2D eigenvalue weighted by Crippen LogP contribution is -2.41. The van der Waals surface area contributed by atoms with Crippen molar-refractivity contribution in [3.05, 3.63) is 53.1 Å². The lowest BCUT2D eigenvalue weighted by molar-refractivity contribution is -0.170. The number of nitrogens with zero attached hydrogens (tertiary/aromatic N) is 2. The Kier molecular flexibility index (Phi) is 6.55. The molecule has 35 heavy (non-hydrogen) atoms. The van der Waals surface area contributed by atoms with E-state index in [1.54, 1.807) is 26.0 Å². The fourth-order valence-corrected chi connectivity index (χ4v) is 3.57. The van der Waals surface area contributed by atoms with Crippen LogP contribution in [0.25, 0.3) is 10.9 Å². The van der Waals surface area contributed by atoms with Crippen LogP contribution in [0.15, 0.2) is 30.3 Å². The summed E-state index contributed by atoms with van der Waals surface area (Å²) in [6, 6.07) is 5.98. The molecule has 0 spiro atoms. The van der Waals surface area contributed by atoms with E-state index in [9.17, 15) is 13.9 Å². The lowest BCUT2D eigenvalue weighted by atomic mass is 9.91. The Hall–Kier alpha value is -3.11. The molecule has 2 N–H and O–H groups in total. The van der Waals surface area contributed by atoms with Gasteiger partial charge < -0.3 is 24.6 Å². The second kappa shape index (κ2) is 10.2. The minimum absolute atomic E-state index is 0.0531. The second-order valence-electron chi connectivity index (χ2n) is 8.54. The van der Waals surface area contributed by atoms with Crippen LogP contribution in [0.4, 0.5) is 19.0 Å². The minimum atomic E-state index is -3.84. The number of methoxy groups -OCH3 is 2. The SMILES string of the molecule is [2H]C([2H])([2H])OCCOc1cc2c(N[C@H](C)c3cccc(C(F)(F)C(C)(C)O)c3F)nc(C)nc2cc1OC. The molecule has 0 fully saturated rings. The van der Waals surface area contributed by atoms with Crippen molar-refractivity contribution in [1.29, 1.82) is 0 Å². The van der Waals surface area contributed by atoms with Crippen LogP contribution in [0.5, 0.6) is 11.5 Å². The highest BCUT2D eigenvalue weighted by molar-refractivity contribution is 5.92. The number of halogens is 3. The topological polar surface area (TPSA) is 85.7 Å². The lowest BCUT2D eigenvalue weighted by Gasteiger charge is -2.30. The molecule has 2 aromatic carbocycles. The number of hydrogen-bond donors (Lipinski definition) is 2. The minimum Gasteiger partial charge on any atom is -0.493 e. The molecule has 0 saturated heterocycles. The first-order valence-corrected chi connectivity index (χ1v) is 10.8. The van der Waals surface area contributed by atoms with Gasteiger partial charge in [-0.15, -0.1) is 0 Å². The van der Waals surface area contributed by atoms with E-state index >= 15 is 4.39 Å². The third kappa shape index (κ3) is 5.43. The van der Waals surface area contributed by atoms with Gasteiger partial charge in [0.2, 0.25) is 0 Å². The van der Waals surface area contributed by atoms with E-state index in [0.29, 0.717) is 22.5 Å². The molecule has 0 aliphatic heterocycles. The van der Waals surface area contributed by atoms with Crippen molar-refractivity contribution in [2.45, 2.75) is 45.3 Å². The second-order valence-corrected chi connectivity index (χ2v) is 8.54. The summed E-state index contributed by atoms with van der Waals surface area (Å²) >= 11 is 0. The Balaban J connectivity index is 1.97. The number of hydrogen-bond acceptors (Lipinski definition) is 7. The van der Waals surface area contributed by atoms with Gasteiger partial charge in [0.25, 0.3) is 0 Å². The number of benzene rings is 2. The van der Waals surface area contributed by atoms with Gasteiger partial charge in [0.1, 0.15) is 29.7 Å². The van der Waals surface area contributed by atoms with Crippen LogP contribution in [0, 0.1) is 12.7 Å². The molecular formula is C25H30F3N3O4. The van der Waals surface area contributed by atoms with Gasteiger partial charge in [0, 0.05) is 24.1 Å². The molecule has 7 nitrogen and oxygen atoms in total. The van der Waals surface area contributed by atoms with Crippen LogP contribution < -0.4 is 14.8 Å². The van der Waals surface area contributed by atoms with E-state index in [4.69, 9.17) is 18.3 Å². The Morgan fingerprint density at radius 2 is 1.91 bits per heavy atom. The maximum atomic E-state index is 15.3. The predicted octanol–water partition coefficient (Wildman–Crippen LogP) is 5.15. The summed E-state index contributed by atoms with van der Waals surface area (Å²) in [5, 5.41) is 13.4. The number of ether oxygens (including phenoxy) is 3. The predicted molar refractivity (Wildman–Crippen MR) is 127 cm³/mol. The van der Waals surface area contributed by atoms with Crippen molar-refractivity contribution >= 4 is 16.7 Å². The molecular weight excluding hydrogens is 463 g/mol. The summed E-state index contributed by atoms with van der Waals surface area (Å²) in [6.07, 6.45) is 0. The summed E-state index contributed by atoms with van der Waals surface area (Å²) in [6.45, 7) is 4.79. The molecule has 1 atom stereocenters. The third-order valence-corrected chi connectivity index (χ3v) is 5.49. The van der Waals surface area contributed by atoms with Gasteiger partial charge in [0.05, 0.1) is 35.0 Å². The number of aliphatic hydroxyl groups is 1.